The number of aryl methyl sites for hydroxylation is 1. The first-order valence-electron chi connectivity index (χ1n) is 8.59. The molecular formula is C21H22N2O2S. The minimum absolute atomic E-state index is 0.0715. The largest absolute Gasteiger partial charge is 0.507 e. The lowest BCUT2D eigenvalue weighted by atomic mass is 10.1. The van der Waals surface area contributed by atoms with Gasteiger partial charge >= 0.3 is 0 Å². The van der Waals surface area contributed by atoms with Gasteiger partial charge in [-0.2, -0.15) is 0 Å². The highest BCUT2D eigenvalue weighted by atomic mass is 32.2. The monoisotopic (exact) mass is 366 g/mol. The summed E-state index contributed by atoms with van der Waals surface area (Å²) >= 11 is 1.35. The lowest BCUT2D eigenvalue weighted by molar-refractivity contribution is -0.122. The topological polar surface area (TPSA) is 52.9 Å². The summed E-state index contributed by atoms with van der Waals surface area (Å²) in [6.07, 6.45) is 1.73. The number of carbonyl (C=O) groups excluding carboxylic acids is 1. The van der Waals surface area contributed by atoms with Crippen molar-refractivity contribution >= 4 is 34.6 Å². The molecule has 0 radical (unpaired) electrons. The van der Waals surface area contributed by atoms with Crippen molar-refractivity contribution < 1.29 is 9.90 Å². The van der Waals surface area contributed by atoms with Crippen LogP contribution in [0.2, 0.25) is 0 Å². The van der Waals surface area contributed by atoms with Gasteiger partial charge in [-0.15, -0.1) is 0 Å². The number of benzene rings is 2. The molecule has 26 heavy (non-hydrogen) atoms. The van der Waals surface area contributed by atoms with Crippen molar-refractivity contribution in [3.8, 4) is 5.75 Å². The Morgan fingerprint density at radius 3 is 2.50 bits per heavy atom. The molecular weight excluding hydrogens is 344 g/mol. The molecule has 3 rings (SSSR count). The fourth-order valence-corrected chi connectivity index (χ4v) is 3.60. The molecule has 0 bridgehead atoms. The van der Waals surface area contributed by atoms with Gasteiger partial charge in [-0.25, -0.2) is 4.99 Å². The summed E-state index contributed by atoms with van der Waals surface area (Å²) < 4.78 is 0. The zero-order valence-electron chi connectivity index (χ0n) is 15.1. The first-order chi connectivity index (χ1) is 12.4. The third-order valence-electron chi connectivity index (χ3n) is 3.92. The molecule has 1 amide bonds. The lowest BCUT2D eigenvalue weighted by Crippen LogP contribution is -2.32. The van der Waals surface area contributed by atoms with Crippen LogP contribution in [0.15, 0.2) is 58.4 Å². The molecule has 1 N–H and O–H groups in total. The minimum Gasteiger partial charge on any atom is -0.507 e. The highest BCUT2D eigenvalue weighted by Crippen LogP contribution is 2.35. The maximum Gasteiger partial charge on any atom is 0.266 e. The number of amidine groups is 1. The Morgan fingerprint density at radius 2 is 1.85 bits per heavy atom. The summed E-state index contributed by atoms with van der Waals surface area (Å²) in [6.45, 7) is 6.79. The van der Waals surface area contributed by atoms with Gasteiger partial charge in [-0.3, -0.25) is 9.69 Å². The number of thioether (sulfide) groups is 1. The molecule has 1 fully saturated rings. The van der Waals surface area contributed by atoms with Crippen LogP contribution in [0.3, 0.4) is 0 Å². The zero-order chi connectivity index (χ0) is 18.7. The third kappa shape index (κ3) is 4.17. The Labute approximate surface area is 158 Å². The van der Waals surface area contributed by atoms with E-state index in [0.717, 1.165) is 5.69 Å². The third-order valence-corrected chi connectivity index (χ3v) is 4.92. The lowest BCUT2D eigenvalue weighted by Gasteiger charge is -2.17. The van der Waals surface area contributed by atoms with Gasteiger partial charge < -0.3 is 5.11 Å². The zero-order valence-corrected chi connectivity index (χ0v) is 16.0. The molecule has 1 heterocycles. The quantitative estimate of drug-likeness (QED) is 0.778. The van der Waals surface area contributed by atoms with Crippen LogP contribution in [0, 0.1) is 12.8 Å². The minimum atomic E-state index is -0.0715. The Kier molecular flexibility index (Phi) is 5.47. The van der Waals surface area contributed by atoms with Gasteiger partial charge in [-0.05, 0) is 48.9 Å². The van der Waals surface area contributed by atoms with Crippen LogP contribution in [0.4, 0.5) is 5.69 Å². The number of phenols is 1. The summed E-state index contributed by atoms with van der Waals surface area (Å²) in [5.41, 5.74) is 2.62. The summed E-state index contributed by atoms with van der Waals surface area (Å²) in [6, 6.07) is 14.9. The average molecular weight is 366 g/mol. The van der Waals surface area contributed by atoms with Crippen LogP contribution < -0.4 is 0 Å². The fraction of sp³-hybridized carbons (Fsp3) is 0.238. The first kappa shape index (κ1) is 18.3. The van der Waals surface area contributed by atoms with Gasteiger partial charge in [0.1, 0.15) is 5.75 Å². The van der Waals surface area contributed by atoms with Crippen LogP contribution in [0.5, 0.6) is 5.75 Å². The summed E-state index contributed by atoms with van der Waals surface area (Å²) in [4.78, 5) is 19.9. The predicted octanol–water partition coefficient (Wildman–Crippen LogP) is 4.96. The molecule has 1 aliphatic heterocycles. The van der Waals surface area contributed by atoms with Crippen molar-refractivity contribution in [3.05, 3.63) is 64.6 Å². The highest BCUT2D eigenvalue weighted by molar-refractivity contribution is 8.18. The molecule has 0 unspecified atom stereocenters. The molecule has 1 aliphatic rings. The van der Waals surface area contributed by atoms with E-state index in [1.807, 2.05) is 37.3 Å². The maximum atomic E-state index is 12.9. The smallest absolute Gasteiger partial charge is 0.266 e. The van der Waals surface area contributed by atoms with Crippen molar-refractivity contribution in [2.24, 2.45) is 10.9 Å². The fourth-order valence-electron chi connectivity index (χ4n) is 2.60. The summed E-state index contributed by atoms with van der Waals surface area (Å²) in [5.74, 6) is 0.415. The van der Waals surface area contributed by atoms with Crippen molar-refractivity contribution in [1.82, 2.24) is 4.90 Å². The van der Waals surface area contributed by atoms with E-state index in [2.05, 4.69) is 18.8 Å². The number of carbonyl (C=O) groups is 1. The predicted molar refractivity (Wildman–Crippen MR) is 108 cm³/mol. The van der Waals surface area contributed by atoms with Crippen molar-refractivity contribution in [1.29, 1.82) is 0 Å². The average Bonchev–Trinajstić information content (AvgIpc) is 2.87. The summed E-state index contributed by atoms with van der Waals surface area (Å²) in [7, 11) is 0. The highest BCUT2D eigenvalue weighted by Gasteiger charge is 2.33. The second-order valence-electron chi connectivity index (χ2n) is 6.71. The van der Waals surface area contributed by atoms with Gasteiger partial charge in [0, 0.05) is 12.1 Å². The number of hydrogen-bond acceptors (Lipinski definition) is 4. The van der Waals surface area contributed by atoms with Gasteiger partial charge in [0.25, 0.3) is 5.91 Å². The molecule has 0 aliphatic carbocycles. The van der Waals surface area contributed by atoms with Gasteiger partial charge in [-0.1, -0.05) is 49.7 Å². The van der Waals surface area contributed by atoms with E-state index in [1.165, 1.54) is 17.3 Å². The molecule has 5 heteroatoms. The van der Waals surface area contributed by atoms with E-state index in [0.29, 0.717) is 28.1 Å². The van der Waals surface area contributed by atoms with E-state index in [4.69, 9.17) is 0 Å². The number of nitrogens with zero attached hydrogens (tertiary/aromatic N) is 2. The number of phenolic OH excluding ortho intramolecular Hbond substituents is 1. The standard InChI is InChI=1S/C21H22N2O2S/c1-14(2)13-23-20(25)19(12-16-6-4-5-7-18(16)24)26-21(23)22-17-10-8-15(3)9-11-17/h4-12,14,24H,13H2,1-3H3/b19-12+,22-21?. The van der Waals surface area contributed by atoms with Crippen LogP contribution in [0.25, 0.3) is 6.08 Å². The van der Waals surface area contributed by atoms with Crippen molar-refractivity contribution in [2.45, 2.75) is 20.8 Å². The SMILES string of the molecule is Cc1ccc(N=C2S/C(=C/c3ccccc3O)C(=O)N2CC(C)C)cc1. The normalized spacial score (nSPS) is 17.7. The molecule has 0 spiro atoms. The van der Waals surface area contributed by atoms with E-state index in [-0.39, 0.29) is 11.7 Å². The number of amides is 1. The Balaban J connectivity index is 1.97. The van der Waals surface area contributed by atoms with E-state index < -0.39 is 0 Å². The van der Waals surface area contributed by atoms with E-state index in [1.54, 1.807) is 29.2 Å². The molecule has 0 saturated carbocycles. The van der Waals surface area contributed by atoms with Crippen molar-refractivity contribution in [3.63, 3.8) is 0 Å². The molecule has 2 aromatic rings. The molecule has 1 saturated heterocycles. The van der Waals surface area contributed by atoms with E-state index in [9.17, 15) is 9.90 Å². The number of aromatic hydroxyl groups is 1. The number of hydrogen-bond donors (Lipinski definition) is 1. The molecule has 0 aromatic heterocycles. The Hall–Kier alpha value is -2.53. The van der Waals surface area contributed by atoms with Crippen molar-refractivity contribution in [2.75, 3.05) is 6.54 Å². The van der Waals surface area contributed by atoms with Crippen LogP contribution in [-0.2, 0) is 4.79 Å². The Bertz CT molecular complexity index is 870. The number of aliphatic imine (C=N–C) groups is 1. The van der Waals surface area contributed by atoms with Crippen LogP contribution in [0.1, 0.15) is 25.0 Å². The molecule has 2 aromatic carbocycles. The van der Waals surface area contributed by atoms with Gasteiger partial charge in [0.05, 0.1) is 10.6 Å². The van der Waals surface area contributed by atoms with Crippen LogP contribution >= 0.6 is 11.8 Å². The number of para-hydroxylation sites is 1. The molecule has 0 atom stereocenters. The second kappa shape index (κ2) is 7.79. The first-order valence-corrected chi connectivity index (χ1v) is 9.40. The Morgan fingerprint density at radius 1 is 1.15 bits per heavy atom. The molecule has 134 valence electrons. The van der Waals surface area contributed by atoms with Gasteiger partial charge in [0.2, 0.25) is 0 Å². The van der Waals surface area contributed by atoms with E-state index >= 15 is 0 Å². The van der Waals surface area contributed by atoms with Gasteiger partial charge in [0.15, 0.2) is 5.17 Å². The van der Waals surface area contributed by atoms with Crippen LogP contribution in [-0.4, -0.2) is 27.6 Å². The number of rotatable bonds is 4. The summed E-state index contributed by atoms with van der Waals surface area (Å²) in [5, 5.41) is 10.7. The molecule has 4 nitrogen and oxygen atoms in total. The second-order valence-corrected chi connectivity index (χ2v) is 7.72. The maximum absolute atomic E-state index is 12.9.